The Morgan fingerprint density at radius 1 is 1.26 bits per heavy atom. The molecule has 3 rings (SSSR count). The van der Waals surface area contributed by atoms with Crippen LogP contribution >= 0.6 is 0 Å². The van der Waals surface area contributed by atoms with Crippen molar-refractivity contribution < 1.29 is 4.79 Å². The Kier molecular flexibility index (Phi) is 4.22. The van der Waals surface area contributed by atoms with E-state index < -0.39 is 0 Å². The highest BCUT2D eigenvalue weighted by Crippen LogP contribution is 2.24. The van der Waals surface area contributed by atoms with Crippen molar-refractivity contribution in [2.45, 2.75) is 32.9 Å². The number of nitrogens with one attached hydrogen (secondary N) is 1. The van der Waals surface area contributed by atoms with Crippen molar-refractivity contribution in [1.29, 1.82) is 0 Å². The van der Waals surface area contributed by atoms with Gasteiger partial charge in [0.15, 0.2) is 0 Å². The van der Waals surface area contributed by atoms with E-state index in [4.69, 9.17) is 0 Å². The summed E-state index contributed by atoms with van der Waals surface area (Å²) in [4.78, 5) is 17.0. The van der Waals surface area contributed by atoms with Crippen LogP contribution in [-0.2, 0) is 6.54 Å². The predicted octanol–water partition coefficient (Wildman–Crippen LogP) is 2.45. The number of H-pyrrole nitrogens is 1. The van der Waals surface area contributed by atoms with E-state index in [2.05, 4.69) is 53.2 Å². The van der Waals surface area contributed by atoms with Crippen LogP contribution in [0.25, 0.3) is 0 Å². The molecule has 1 amide bonds. The standard InChI is InChI=1S/C18H24N4O/c1-14-11-16(20-19-14)17(23)21-9-10-22(18(2,3)13-21)12-15-7-5-4-6-8-15/h4-8,11H,9-10,12-13H2,1-3H3,(H,19,20). The number of nitrogens with zero attached hydrogens (tertiary/aromatic N) is 3. The molecule has 1 aromatic carbocycles. The molecule has 1 aromatic heterocycles. The van der Waals surface area contributed by atoms with E-state index in [1.54, 1.807) is 0 Å². The fourth-order valence-corrected chi connectivity index (χ4v) is 3.15. The van der Waals surface area contributed by atoms with Gasteiger partial charge >= 0.3 is 0 Å². The number of rotatable bonds is 3. The molecule has 1 saturated heterocycles. The lowest BCUT2D eigenvalue weighted by molar-refractivity contribution is 0.0135. The van der Waals surface area contributed by atoms with Crippen molar-refractivity contribution in [3.05, 3.63) is 53.3 Å². The van der Waals surface area contributed by atoms with E-state index in [1.807, 2.05) is 24.0 Å². The number of hydrogen-bond donors (Lipinski definition) is 1. The summed E-state index contributed by atoms with van der Waals surface area (Å²) in [7, 11) is 0. The topological polar surface area (TPSA) is 52.2 Å². The first-order valence-corrected chi connectivity index (χ1v) is 8.06. The summed E-state index contributed by atoms with van der Waals surface area (Å²) in [6.07, 6.45) is 0. The fourth-order valence-electron chi connectivity index (χ4n) is 3.15. The summed E-state index contributed by atoms with van der Waals surface area (Å²) in [5, 5.41) is 6.94. The van der Waals surface area contributed by atoms with Gasteiger partial charge in [0.05, 0.1) is 0 Å². The molecule has 2 heterocycles. The maximum absolute atomic E-state index is 12.6. The van der Waals surface area contributed by atoms with Gasteiger partial charge in [-0.1, -0.05) is 30.3 Å². The number of aryl methyl sites for hydroxylation is 1. The summed E-state index contributed by atoms with van der Waals surface area (Å²) in [6.45, 7) is 9.54. The van der Waals surface area contributed by atoms with Crippen LogP contribution in [-0.4, -0.2) is 51.1 Å². The Labute approximate surface area is 137 Å². The molecule has 1 aliphatic rings. The van der Waals surface area contributed by atoms with Crippen LogP contribution in [0, 0.1) is 6.92 Å². The van der Waals surface area contributed by atoms with E-state index in [1.165, 1.54) is 5.56 Å². The van der Waals surface area contributed by atoms with Crippen molar-refractivity contribution in [1.82, 2.24) is 20.0 Å². The van der Waals surface area contributed by atoms with Crippen LogP contribution in [0.1, 0.15) is 35.6 Å². The zero-order valence-corrected chi connectivity index (χ0v) is 14.0. The summed E-state index contributed by atoms with van der Waals surface area (Å²) in [5.74, 6) is 0.0155. The Hall–Kier alpha value is -2.14. The third-order valence-electron chi connectivity index (χ3n) is 4.50. The Morgan fingerprint density at radius 3 is 2.61 bits per heavy atom. The first-order valence-electron chi connectivity index (χ1n) is 8.06. The molecule has 0 bridgehead atoms. The average molecular weight is 312 g/mol. The molecule has 0 saturated carbocycles. The van der Waals surface area contributed by atoms with Crippen LogP contribution in [0.2, 0.25) is 0 Å². The van der Waals surface area contributed by atoms with E-state index in [-0.39, 0.29) is 11.4 Å². The molecule has 5 nitrogen and oxygen atoms in total. The molecule has 0 spiro atoms. The minimum absolute atomic E-state index is 0.0155. The quantitative estimate of drug-likeness (QED) is 0.947. The summed E-state index contributed by atoms with van der Waals surface area (Å²) >= 11 is 0. The smallest absolute Gasteiger partial charge is 0.274 e. The molecule has 0 atom stereocenters. The average Bonchev–Trinajstić information content (AvgIpc) is 2.96. The molecule has 2 aromatic rings. The van der Waals surface area contributed by atoms with Crippen molar-refractivity contribution in [2.24, 2.45) is 0 Å². The molecule has 23 heavy (non-hydrogen) atoms. The van der Waals surface area contributed by atoms with Crippen molar-refractivity contribution in [3.63, 3.8) is 0 Å². The first kappa shape index (κ1) is 15.7. The highest BCUT2D eigenvalue weighted by molar-refractivity contribution is 5.92. The second-order valence-electron chi connectivity index (χ2n) is 6.88. The van der Waals surface area contributed by atoms with Gasteiger partial charge in [0.25, 0.3) is 5.91 Å². The highest BCUT2D eigenvalue weighted by atomic mass is 16.2. The zero-order chi connectivity index (χ0) is 16.4. The molecular weight excluding hydrogens is 288 g/mol. The number of piperazine rings is 1. The Balaban J connectivity index is 1.68. The Bertz CT molecular complexity index is 677. The monoisotopic (exact) mass is 312 g/mol. The van der Waals surface area contributed by atoms with Gasteiger partial charge in [0.1, 0.15) is 5.69 Å². The van der Waals surface area contributed by atoms with Crippen LogP contribution < -0.4 is 0 Å². The third kappa shape index (κ3) is 3.45. The first-order chi connectivity index (χ1) is 11.0. The molecule has 122 valence electrons. The van der Waals surface area contributed by atoms with Crippen molar-refractivity contribution >= 4 is 5.91 Å². The molecule has 1 aliphatic heterocycles. The van der Waals surface area contributed by atoms with E-state index in [9.17, 15) is 4.79 Å². The van der Waals surface area contributed by atoms with Crippen LogP contribution in [0.5, 0.6) is 0 Å². The van der Waals surface area contributed by atoms with Gasteiger partial charge in [-0.05, 0) is 32.4 Å². The second kappa shape index (κ2) is 6.16. The normalized spacial score (nSPS) is 18.1. The number of benzene rings is 1. The molecule has 0 aliphatic carbocycles. The lowest BCUT2D eigenvalue weighted by Gasteiger charge is -2.47. The van der Waals surface area contributed by atoms with Crippen molar-refractivity contribution in [2.75, 3.05) is 19.6 Å². The fraction of sp³-hybridized carbons (Fsp3) is 0.444. The summed E-state index contributed by atoms with van der Waals surface area (Å²) in [5.41, 5.74) is 2.67. The SMILES string of the molecule is Cc1cc(C(=O)N2CCN(Cc3ccccc3)C(C)(C)C2)n[nH]1. The second-order valence-corrected chi connectivity index (χ2v) is 6.88. The summed E-state index contributed by atoms with van der Waals surface area (Å²) < 4.78 is 0. The predicted molar refractivity (Wildman–Crippen MR) is 90.2 cm³/mol. The number of hydrogen-bond acceptors (Lipinski definition) is 3. The minimum Gasteiger partial charge on any atom is -0.334 e. The molecule has 0 radical (unpaired) electrons. The Morgan fingerprint density at radius 2 is 2.00 bits per heavy atom. The third-order valence-corrected chi connectivity index (χ3v) is 4.50. The number of aromatic nitrogens is 2. The highest BCUT2D eigenvalue weighted by Gasteiger charge is 2.36. The maximum Gasteiger partial charge on any atom is 0.274 e. The van der Waals surface area contributed by atoms with Crippen LogP contribution in [0.15, 0.2) is 36.4 Å². The minimum atomic E-state index is -0.0604. The molecule has 0 unspecified atom stereocenters. The zero-order valence-electron chi connectivity index (χ0n) is 14.0. The molecule has 5 heteroatoms. The molecular formula is C18H24N4O. The van der Waals surface area contributed by atoms with Crippen LogP contribution in [0.4, 0.5) is 0 Å². The lowest BCUT2D eigenvalue weighted by atomic mass is 9.97. The van der Waals surface area contributed by atoms with E-state index >= 15 is 0 Å². The van der Waals surface area contributed by atoms with Crippen molar-refractivity contribution in [3.8, 4) is 0 Å². The molecule has 1 N–H and O–H groups in total. The number of aromatic amines is 1. The lowest BCUT2D eigenvalue weighted by Crippen LogP contribution is -2.60. The van der Waals surface area contributed by atoms with Gasteiger partial charge in [0, 0.05) is 37.4 Å². The van der Waals surface area contributed by atoms with Gasteiger partial charge in [-0.2, -0.15) is 5.10 Å². The van der Waals surface area contributed by atoms with Gasteiger partial charge in [-0.25, -0.2) is 0 Å². The molecule has 1 fully saturated rings. The summed E-state index contributed by atoms with van der Waals surface area (Å²) in [6, 6.07) is 12.3. The van der Waals surface area contributed by atoms with E-state index in [0.717, 1.165) is 25.3 Å². The van der Waals surface area contributed by atoms with E-state index in [0.29, 0.717) is 12.2 Å². The van der Waals surface area contributed by atoms with Gasteiger partial charge in [0.2, 0.25) is 0 Å². The van der Waals surface area contributed by atoms with Gasteiger partial charge in [-0.15, -0.1) is 0 Å². The van der Waals surface area contributed by atoms with Gasteiger partial charge < -0.3 is 4.90 Å². The maximum atomic E-state index is 12.6. The number of carbonyl (C=O) groups is 1. The van der Waals surface area contributed by atoms with Gasteiger partial charge in [-0.3, -0.25) is 14.8 Å². The number of amides is 1. The van der Waals surface area contributed by atoms with Crippen LogP contribution in [0.3, 0.4) is 0 Å². The number of carbonyl (C=O) groups excluding carboxylic acids is 1. The largest absolute Gasteiger partial charge is 0.334 e.